The van der Waals surface area contributed by atoms with E-state index in [9.17, 15) is 4.79 Å². The number of carbonyl (C=O) groups is 1. The normalized spacial score (nSPS) is 11.2. The molecular weight excluding hydrogens is 384 g/mol. The monoisotopic (exact) mass is 406 g/mol. The molecule has 6 nitrogen and oxygen atoms in total. The van der Waals surface area contributed by atoms with Crippen molar-refractivity contribution in [2.45, 2.75) is 33.3 Å². The minimum atomic E-state index is -0.148. The molecule has 29 heavy (non-hydrogen) atoms. The van der Waals surface area contributed by atoms with Crippen LogP contribution in [0, 0.1) is 6.92 Å². The van der Waals surface area contributed by atoms with E-state index < -0.39 is 0 Å². The third kappa shape index (κ3) is 4.00. The molecule has 0 bridgehead atoms. The molecule has 2 heterocycles. The summed E-state index contributed by atoms with van der Waals surface area (Å²) < 4.78 is 7.75. The number of nitrogens with zero attached hydrogens (tertiary/aromatic N) is 3. The van der Waals surface area contributed by atoms with E-state index in [0.717, 1.165) is 33.5 Å². The number of thiazole rings is 1. The van der Waals surface area contributed by atoms with Crippen LogP contribution in [0.25, 0.3) is 4.96 Å². The Bertz CT molecular complexity index is 1130. The van der Waals surface area contributed by atoms with Crippen LogP contribution < -0.4 is 10.1 Å². The Morgan fingerprint density at radius 1 is 1.10 bits per heavy atom. The van der Waals surface area contributed by atoms with Crippen LogP contribution in [-0.2, 0) is 6.61 Å². The zero-order valence-electron chi connectivity index (χ0n) is 16.5. The summed E-state index contributed by atoms with van der Waals surface area (Å²) in [7, 11) is 0. The van der Waals surface area contributed by atoms with Gasteiger partial charge in [-0.3, -0.25) is 9.20 Å². The molecule has 2 aromatic carbocycles. The van der Waals surface area contributed by atoms with E-state index in [2.05, 4.69) is 29.4 Å². The number of hydrogen-bond donors (Lipinski definition) is 1. The van der Waals surface area contributed by atoms with Gasteiger partial charge in [-0.25, -0.2) is 0 Å². The van der Waals surface area contributed by atoms with Gasteiger partial charge in [0.05, 0.1) is 0 Å². The van der Waals surface area contributed by atoms with E-state index in [1.54, 1.807) is 0 Å². The minimum Gasteiger partial charge on any atom is -0.489 e. The van der Waals surface area contributed by atoms with Gasteiger partial charge >= 0.3 is 0 Å². The molecule has 4 rings (SSSR count). The Labute approximate surface area is 173 Å². The van der Waals surface area contributed by atoms with Gasteiger partial charge in [-0.05, 0) is 36.8 Å². The number of nitrogens with one attached hydrogen (secondary N) is 1. The van der Waals surface area contributed by atoms with Gasteiger partial charge in [-0.15, -0.1) is 10.2 Å². The topological polar surface area (TPSA) is 68.5 Å². The first-order chi connectivity index (χ1) is 14.0. The summed E-state index contributed by atoms with van der Waals surface area (Å²) in [5.74, 6) is 1.71. The number of rotatable bonds is 6. The van der Waals surface area contributed by atoms with E-state index in [1.807, 2.05) is 65.9 Å². The van der Waals surface area contributed by atoms with Gasteiger partial charge in [-0.1, -0.05) is 55.5 Å². The molecule has 7 heteroatoms. The fraction of sp³-hybridized carbons (Fsp3) is 0.227. The Morgan fingerprint density at radius 2 is 1.83 bits per heavy atom. The van der Waals surface area contributed by atoms with E-state index in [-0.39, 0.29) is 11.8 Å². The second-order valence-corrected chi connectivity index (χ2v) is 8.08. The third-order valence-corrected chi connectivity index (χ3v) is 5.73. The molecule has 0 saturated heterocycles. The smallest absolute Gasteiger partial charge is 0.267 e. The molecule has 0 unspecified atom stereocenters. The Kier molecular flexibility index (Phi) is 5.31. The zero-order chi connectivity index (χ0) is 20.4. The van der Waals surface area contributed by atoms with E-state index in [0.29, 0.717) is 11.5 Å². The van der Waals surface area contributed by atoms with Crippen LogP contribution in [0.15, 0.2) is 54.6 Å². The van der Waals surface area contributed by atoms with Crippen LogP contribution >= 0.6 is 11.3 Å². The number of aromatic nitrogens is 3. The first-order valence-electron chi connectivity index (χ1n) is 9.45. The largest absolute Gasteiger partial charge is 0.489 e. The SMILES string of the molecule is Cc1c(C(=O)Nc2ccc(OCc3ccccc3)cc2)sc2nnc(C(C)C)n12. The van der Waals surface area contributed by atoms with Crippen molar-refractivity contribution >= 4 is 27.9 Å². The van der Waals surface area contributed by atoms with Crippen molar-refractivity contribution in [1.29, 1.82) is 0 Å². The highest BCUT2D eigenvalue weighted by atomic mass is 32.1. The molecule has 2 aromatic heterocycles. The molecule has 0 atom stereocenters. The van der Waals surface area contributed by atoms with Crippen LogP contribution in [0.1, 0.15) is 46.5 Å². The van der Waals surface area contributed by atoms with Crippen molar-refractivity contribution in [2.75, 3.05) is 5.32 Å². The number of fused-ring (bicyclic) bond motifs is 1. The summed E-state index contributed by atoms with van der Waals surface area (Å²) >= 11 is 1.35. The van der Waals surface area contributed by atoms with Crippen LogP contribution in [0.2, 0.25) is 0 Å². The Hall–Kier alpha value is -3.19. The molecule has 0 fully saturated rings. The van der Waals surface area contributed by atoms with E-state index in [4.69, 9.17) is 4.74 Å². The molecule has 0 aliphatic carbocycles. The van der Waals surface area contributed by atoms with Crippen LogP contribution in [0.5, 0.6) is 5.75 Å². The number of ether oxygens (including phenoxy) is 1. The van der Waals surface area contributed by atoms with Gasteiger partial charge in [0.1, 0.15) is 23.1 Å². The number of anilines is 1. The average Bonchev–Trinajstić information content (AvgIpc) is 3.29. The zero-order valence-corrected chi connectivity index (χ0v) is 17.4. The fourth-order valence-electron chi connectivity index (χ4n) is 3.08. The maximum absolute atomic E-state index is 12.8. The van der Waals surface area contributed by atoms with Gasteiger partial charge in [0.2, 0.25) is 4.96 Å². The lowest BCUT2D eigenvalue weighted by atomic mass is 10.2. The number of amides is 1. The summed E-state index contributed by atoms with van der Waals surface area (Å²) in [6.45, 7) is 6.56. The molecule has 148 valence electrons. The summed E-state index contributed by atoms with van der Waals surface area (Å²) in [4.78, 5) is 14.2. The summed E-state index contributed by atoms with van der Waals surface area (Å²) in [5, 5.41) is 11.4. The standard InChI is InChI=1S/C22H22N4O2S/c1-14(2)20-24-25-22-26(20)15(3)19(29-22)21(27)23-17-9-11-18(12-10-17)28-13-16-7-5-4-6-8-16/h4-12,14H,13H2,1-3H3,(H,23,27). The predicted molar refractivity (Wildman–Crippen MR) is 115 cm³/mol. The van der Waals surface area contributed by atoms with Gasteiger partial charge in [0.25, 0.3) is 5.91 Å². The van der Waals surface area contributed by atoms with E-state index in [1.165, 1.54) is 11.3 Å². The van der Waals surface area contributed by atoms with Crippen LogP contribution in [0.4, 0.5) is 5.69 Å². The number of benzene rings is 2. The molecule has 0 aliphatic heterocycles. The highest BCUT2D eigenvalue weighted by Gasteiger charge is 2.21. The third-order valence-electron chi connectivity index (χ3n) is 4.60. The highest BCUT2D eigenvalue weighted by Crippen LogP contribution is 2.27. The van der Waals surface area contributed by atoms with Gasteiger partial charge in [0.15, 0.2) is 0 Å². The first-order valence-corrected chi connectivity index (χ1v) is 10.3. The van der Waals surface area contributed by atoms with Crippen molar-refractivity contribution in [1.82, 2.24) is 14.6 Å². The van der Waals surface area contributed by atoms with Crippen LogP contribution in [0.3, 0.4) is 0 Å². The fourth-order valence-corrected chi connectivity index (χ4v) is 4.05. The predicted octanol–water partition coefficient (Wildman–Crippen LogP) is 5.05. The number of aryl methyl sites for hydroxylation is 1. The maximum Gasteiger partial charge on any atom is 0.267 e. The minimum absolute atomic E-state index is 0.148. The van der Waals surface area contributed by atoms with E-state index >= 15 is 0 Å². The molecular formula is C22H22N4O2S. The van der Waals surface area contributed by atoms with Gasteiger partial charge in [-0.2, -0.15) is 0 Å². The van der Waals surface area contributed by atoms with Crippen molar-refractivity contribution < 1.29 is 9.53 Å². The second-order valence-electron chi connectivity index (χ2n) is 7.10. The average molecular weight is 407 g/mol. The lowest BCUT2D eigenvalue weighted by Gasteiger charge is -2.08. The van der Waals surface area contributed by atoms with Crippen LogP contribution in [-0.4, -0.2) is 20.5 Å². The van der Waals surface area contributed by atoms with Crippen molar-refractivity contribution in [3.8, 4) is 5.75 Å². The Morgan fingerprint density at radius 3 is 2.52 bits per heavy atom. The molecule has 0 aliphatic rings. The van der Waals surface area contributed by atoms with Crippen molar-refractivity contribution in [2.24, 2.45) is 0 Å². The molecule has 0 radical (unpaired) electrons. The maximum atomic E-state index is 12.8. The second kappa shape index (κ2) is 8.05. The molecule has 1 amide bonds. The lowest BCUT2D eigenvalue weighted by Crippen LogP contribution is -2.12. The Balaban J connectivity index is 1.44. The van der Waals surface area contributed by atoms with Crippen molar-refractivity contribution in [3.63, 3.8) is 0 Å². The molecule has 0 saturated carbocycles. The summed E-state index contributed by atoms with van der Waals surface area (Å²) in [5.41, 5.74) is 2.69. The molecule has 0 spiro atoms. The number of hydrogen-bond acceptors (Lipinski definition) is 5. The summed E-state index contributed by atoms with van der Waals surface area (Å²) in [6.07, 6.45) is 0. The lowest BCUT2D eigenvalue weighted by molar-refractivity contribution is 0.102. The number of carbonyl (C=O) groups excluding carboxylic acids is 1. The van der Waals surface area contributed by atoms with Gasteiger partial charge in [0, 0.05) is 17.3 Å². The summed E-state index contributed by atoms with van der Waals surface area (Å²) in [6, 6.07) is 17.4. The quantitative estimate of drug-likeness (QED) is 0.486. The van der Waals surface area contributed by atoms with Gasteiger partial charge < -0.3 is 10.1 Å². The first kappa shape index (κ1) is 19.1. The highest BCUT2D eigenvalue weighted by molar-refractivity contribution is 7.19. The molecule has 1 N–H and O–H groups in total. The van der Waals surface area contributed by atoms with Crippen molar-refractivity contribution in [3.05, 3.63) is 76.6 Å². The molecule has 4 aromatic rings.